The summed E-state index contributed by atoms with van der Waals surface area (Å²) in [7, 11) is -2.80. The van der Waals surface area contributed by atoms with Crippen molar-refractivity contribution in [2.75, 3.05) is 20.0 Å². The van der Waals surface area contributed by atoms with Gasteiger partial charge in [0, 0.05) is 37.1 Å². The topological polar surface area (TPSA) is 42.3 Å². The van der Waals surface area contributed by atoms with Crippen LogP contribution in [0.1, 0.15) is 41.5 Å². The standard InChI is InChI=1S/3C15H18NP.C3H9P.Fe.V/c3*1-13(2)16-17(14-9-5-3-6-10-14)15-11-7-4-8-12-15;1-4(2)3;;/h3*3-13,17H,1-2H3;1-3H3;;/q;;;;;+2/p+1. The molecule has 0 bridgehead atoms. The number of hydrogen-bond donors (Lipinski definition) is 0. The summed E-state index contributed by atoms with van der Waals surface area (Å²) < 4.78 is 0. The van der Waals surface area contributed by atoms with E-state index in [4.69, 9.17) is 15.3 Å². The zero-order valence-corrected chi connectivity index (χ0v) is 41.7. The molecule has 0 unspecified atom stereocenters. The van der Waals surface area contributed by atoms with Crippen molar-refractivity contribution in [3.63, 3.8) is 0 Å². The Bertz CT molecular complexity index is 1480. The minimum atomic E-state index is -0.974. The Labute approximate surface area is 374 Å². The Morgan fingerprint density at radius 1 is 0.298 bits per heavy atom. The van der Waals surface area contributed by atoms with Crippen molar-refractivity contribution < 1.29 is 35.6 Å². The molecule has 6 aromatic rings. The Hall–Kier alpha value is -1.98. The number of nitrogens with zero attached hydrogens (tertiary/aromatic N) is 3. The quantitative estimate of drug-likeness (QED) is 0.0867. The van der Waals surface area contributed by atoms with Crippen molar-refractivity contribution in [2.24, 2.45) is 0 Å². The average molecular weight is 914 g/mol. The van der Waals surface area contributed by atoms with Crippen LogP contribution in [0.25, 0.3) is 15.3 Å². The molecule has 301 valence electrons. The van der Waals surface area contributed by atoms with Gasteiger partial charge in [-0.15, -0.1) is 18.1 Å². The van der Waals surface area contributed by atoms with Gasteiger partial charge in [-0.05, 0) is 105 Å². The molecule has 0 saturated carbocycles. The maximum Gasteiger partial charge on any atom is 2.00 e. The Morgan fingerprint density at radius 2 is 0.421 bits per heavy atom. The zero-order valence-electron chi connectivity index (χ0n) is 35.2. The maximum absolute atomic E-state index is 4.92. The molecule has 0 heterocycles. The first kappa shape index (κ1) is 53.0. The first-order chi connectivity index (χ1) is 26.5. The molecule has 0 aliphatic carbocycles. The van der Waals surface area contributed by atoms with Gasteiger partial charge in [0.25, 0.3) is 0 Å². The van der Waals surface area contributed by atoms with Gasteiger partial charge in [-0.1, -0.05) is 151 Å². The molecule has 9 heteroatoms. The minimum absolute atomic E-state index is 0. The van der Waals surface area contributed by atoms with Gasteiger partial charge in [-0.2, -0.15) is 0 Å². The van der Waals surface area contributed by atoms with Crippen LogP contribution in [0.2, 0.25) is 0 Å². The Kier molecular flexibility index (Phi) is 28.8. The van der Waals surface area contributed by atoms with E-state index in [1.54, 1.807) is 0 Å². The van der Waals surface area contributed by atoms with E-state index in [9.17, 15) is 0 Å². The van der Waals surface area contributed by atoms with E-state index < -0.39 is 24.2 Å². The summed E-state index contributed by atoms with van der Waals surface area (Å²) in [6, 6.07) is 64.9. The third-order valence-corrected chi connectivity index (χ3v) is 15.1. The molecule has 0 atom stereocenters. The molecule has 0 spiro atoms. The molecule has 3 nitrogen and oxygen atoms in total. The van der Waals surface area contributed by atoms with Gasteiger partial charge in [0.15, 0.2) is 0 Å². The molecule has 1 radical (unpaired) electrons. The number of benzene rings is 6. The summed E-state index contributed by atoms with van der Waals surface area (Å²) in [6.07, 6.45) is 0. The van der Waals surface area contributed by atoms with Gasteiger partial charge in [0.1, 0.15) is 0 Å². The summed E-state index contributed by atoms with van der Waals surface area (Å²) in [4.78, 5) is 0. The van der Waals surface area contributed by atoms with Crippen LogP contribution in [0, 0.1) is 0 Å². The molecule has 6 aromatic carbocycles. The molecule has 6 rings (SSSR count). The molecule has 0 aliphatic heterocycles. The fourth-order valence-electron chi connectivity index (χ4n) is 5.30. The molecule has 0 aliphatic rings. The normalized spacial score (nSPS) is 10.5. The van der Waals surface area contributed by atoms with Crippen molar-refractivity contribution in [1.29, 1.82) is 0 Å². The second kappa shape index (κ2) is 31.0. The predicted molar refractivity (Wildman–Crippen MR) is 263 cm³/mol. The van der Waals surface area contributed by atoms with Crippen molar-refractivity contribution in [3.8, 4) is 0 Å². The smallest absolute Gasteiger partial charge is 0.481 e. The van der Waals surface area contributed by atoms with E-state index in [-0.39, 0.29) is 43.5 Å². The molecular formula is C48H64FeN3P4V+3. The van der Waals surface area contributed by atoms with E-state index in [1.807, 2.05) is 0 Å². The summed E-state index contributed by atoms with van der Waals surface area (Å²) in [6.45, 7) is 19.7. The van der Waals surface area contributed by atoms with Gasteiger partial charge in [-0.25, -0.2) is 0 Å². The van der Waals surface area contributed by atoms with Gasteiger partial charge >= 0.3 is 18.6 Å². The van der Waals surface area contributed by atoms with Crippen LogP contribution in [0.4, 0.5) is 0 Å². The maximum atomic E-state index is 4.92. The SMILES string of the molecule is CC(C)[N-][PH+](c1ccccc1)c1ccccc1.CC(C)[N-][PH+](c1ccccc1)c1ccccc1.CC(C)[N-][PH+](c1ccccc1)c1ccccc1.C[PH+](C)C.[Fe].[V+2]. The van der Waals surface area contributed by atoms with Crippen molar-refractivity contribution >= 4 is 64.0 Å². The first-order valence-corrected chi connectivity index (χ1v) is 26.7. The molecule has 0 N–H and O–H groups in total. The van der Waals surface area contributed by atoms with E-state index >= 15 is 0 Å². The minimum Gasteiger partial charge on any atom is -0.481 e. The monoisotopic (exact) mass is 913 g/mol. The third-order valence-electron chi connectivity index (χ3n) is 7.45. The molecule has 57 heavy (non-hydrogen) atoms. The Balaban J connectivity index is 0.000000401. The van der Waals surface area contributed by atoms with Crippen molar-refractivity contribution in [3.05, 3.63) is 197 Å². The van der Waals surface area contributed by atoms with Crippen LogP contribution < -0.4 is 31.8 Å². The van der Waals surface area contributed by atoms with Gasteiger partial charge in [0.05, 0.1) is 31.8 Å². The van der Waals surface area contributed by atoms with Crippen LogP contribution in [-0.4, -0.2) is 38.1 Å². The van der Waals surface area contributed by atoms with Gasteiger partial charge < -0.3 is 15.3 Å². The van der Waals surface area contributed by atoms with Crippen molar-refractivity contribution in [1.82, 2.24) is 0 Å². The summed E-state index contributed by atoms with van der Waals surface area (Å²) >= 11 is 0. The van der Waals surface area contributed by atoms with Gasteiger partial charge in [-0.3, -0.25) is 0 Å². The summed E-state index contributed by atoms with van der Waals surface area (Å²) in [5.41, 5.74) is 0. The van der Waals surface area contributed by atoms with E-state index in [0.717, 1.165) is 0 Å². The van der Waals surface area contributed by atoms with Crippen LogP contribution >= 0.6 is 32.1 Å². The number of rotatable bonds is 12. The van der Waals surface area contributed by atoms with E-state index in [2.05, 4.69) is 244 Å². The fraction of sp³-hybridized carbons (Fsp3) is 0.250. The fourth-order valence-corrected chi connectivity index (χ4v) is 11.8. The average Bonchev–Trinajstić information content (AvgIpc) is 3.20. The molecule has 0 aromatic heterocycles. The summed E-state index contributed by atoms with van der Waals surface area (Å²) in [5.74, 6) is 0. The second-order valence-electron chi connectivity index (χ2n) is 14.4. The molecule has 0 amide bonds. The van der Waals surface area contributed by atoms with Crippen LogP contribution in [0.3, 0.4) is 0 Å². The van der Waals surface area contributed by atoms with Crippen LogP contribution in [-0.2, 0) is 35.6 Å². The predicted octanol–water partition coefficient (Wildman–Crippen LogP) is 11.7. The van der Waals surface area contributed by atoms with Crippen LogP contribution in [0.5, 0.6) is 0 Å². The molecule has 0 fully saturated rings. The van der Waals surface area contributed by atoms with Gasteiger partial charge in [0.2, 0.25) is 0 Å². The van der Waals surface area contributed by atoms with E-state index in [0.29, 0.717) is 18.1 Å². The summed E-state index contributed by atoms with van der Waals surface area (Å²) in [5, 5.41) is 22.9. The third kappa shape index (κ3) is 21.7. The second-order valence-corrected chi connectivity index (χ2v) is 23.7. The van der Waals surface area contributed by atoms with E-state index in [1.165, 1.54) is 31.8 Å². The first-order valence-electron chi connectivity index (χ1n) is 19.4. The van der Waals surface area contributed by atoms with Crippen LogP contribution in [0.15, 0.2) is 182 Å². The van der Waals surface area contributed by atoms with Crippen molar-refractivity contribution in [2.45, 2.75) is 59.7 Å². The number of hydrogen-bond acceptors (Lipinski definition) is 0. The Morgan fingerprint density at radius 3 is 0.526 bits per heavy atom. The molecular weight excluding hydrogens is 849 g/mol. The molecule has 0 saturated heterocycles. The zero-order chi connectivity index (χ0) is 39.8. The largest absolute Gasteiger partial charge is 2.00 e.